The zero-order chi connectivity index (χ0) is 37.3. The highest BCUT2D eigenvalue weighted by molar-refractivity contribution is 5.71. The van der Waals surface area contributed by atoms with Crippen LogP contribution in [0.2, 0.25) is 0 Å². The number of hydrogen-bond donors (Lipinski definition) is 0. The van der Waals surface area contributed by atoms with Crippen molar-refractivity contribution >= 4 is 17.9 Å². The lowest BCUT2D eigenvalue weighted by atomic mass is 10.0. The van der Waals surface area contributed by atoms with Crippen LogP contribution in [-0.4, -0.2) is 37.2 Å². The molecule has 0 unspecified atom stereocenters. The van der Waals surface area contributed by atoms with Crippen LogP contribution in [0.1, 0.15) is 252 Å². The summed E-state index contributed by atoms with van der Waals surface area (Å²) in [5.41, 5.74) is 0. The summed E-state index contributed by atoms with van der Waals surface area (Å²) in [4.78, 5) is 37.5. The molecule has 0 amide bonds. The maximum absolute atomic E-state index is 12.6. The van der Waals surface area contributed by atoms with E-state index in [0.29, 0.717) is 19.3 Å². The fourth-order valence-electron chi connectivity index (χ4n) is 6.68. The van der Waals surface area contributed by atoms with Crippen molar-refractivity contribution in [1.82, 2.24) is 0 Å². The first-order valence-corrected chi connectivity index (χ1v) is 22.5. The average Bonchev–Trinajstić information content (AvgIpc) is 3.12. The molecule has 6 heteroatoms. The molecule has 0 aliphatic rings. The van der Waals surface area contributed by atoms with Crippen molar-refractivity contribution in [3.05, 3.63) is 0 Å². The maximum atomic E-state index is 12.6. The third-order valence-corrected chi connectivity index (χ3v) is 10.1. The van der Waals surface area contributed by atoms with Gasteiger partial charge in [-0.2, -0.15) is 0 Å². The predicted octanol–water partition coefficient (Wildman–Crippen LogP) is 14.1. The van der Waals surface area contributed by atoms with Gasteiger partial charge in [0.1, 0.15) is 13.2 Å². The Morgan fingerprint density at radius 2 is 0.529 bits per heavy atom. The Bertz CT molecular complexity index is 753. The first-order chi connectivity index (χ1) is 25.0. The van der Waals surface area contributed by atoms with Crippen LogP contribution < -0.4 is 0 Å². The van der Waals surface area contributed by atoms with Crippen LogP contribution in [-0.2, 0) is 28.6 Å². The van der Waals surface area contributed by atoms with Gasteiger partial charge in [0.2, 0.25) is 0 Å². The van der Waals surface area contributed by atoms with Gasteiger partial charge in [-0.05, 0) is 19.3 Å². The van der Waals surface area contributed by atoms with Crippen molar-refractivity contribution in [3.63, 3.8) is 0 Å². The van der Waals surface area contributed by atoms with Crippen molar-refractivity contribution < 1.29 is 28.6 Å². The van der Waals surface area contributed by atoms with Gasteiger partial charge in [-0.15, -0.1) is 0 Å². The minimum absolute atomic E-state index is 0.0636. The summed E-state index contributed by atoms with van der Waals surface area (Å²) in [6.45, 7) is 6.59. The van der Waals surface area contributed by atoms with Gasteiger partial charge in [0, 0.05) is 19.3 Å². The number of rotatable bonds is 41. The normalized spacial score (nSPS) is 11.8. The second-order valence-corrected chi connectivity index (χ2v) is 15.3. The van der Waals surface area contributed by atoms with Gasteiger partial charge >= 0.3 is 17.9 Å². The minimum atomic E-state index is -0.756. The number of hydrogen-bond acceptors (Lipinski definition) is 6. The zero-order valence-electron chi connectivity index (χ0n) is 34.4. The van der Waals surface area contributed by atoms with Gasteiger partial charge in [-0.25, -0.2) is 0 Å². The van der Waals surface area contributed by atoms with E-state index in [1.807, 2.05) is 0 Å². The summed E-state index contributed by atoms with van der Waals surface area (Å²) in [7, 11) is 0. The van der Waals surface area contributed by atoms with E-state index in [-0.39, 0.29) is 31.1 Å². The summed E-state index contributed by atoms with van der Waals surface area (Å²) in [5.74, 6) is -0.862. The molecule has 0 aromatic carbocycles. The van der Waals surface area contributed by atoms with Crippen molar-refractivity contribution in [2.45, 2.75) is 258 Å². The summed E-state index contributed by atoms with van der Waals surface area (Å²) in [6, 6.07) is 0. The number of carbonyl (C=O) groups is 3. The quantitative estimate of drug-likeness (QED) is 0.0355. The predicted molar refractivity (Wildman–Crippen MR) is 215 cm³/mol. The molecule has 1 atom stereocenters. The minimum Gasteiger partial charge on any atom is -0.462 e. The van der Waals surface area contributed by atoms with Crippen LogP contribution in [0.4, 0.5) is 0 Å². The van der Waals surface area contributed by atoms with E-state index in [9.17, 15) is 14.4 Å². The lowest BCUT2D eigenvalue weighted by Crippen LogP contribution is -2.30. The molecule has 0 aliphatic carbocycles. The number of ether oxygens (including phenoxy) is 3. The van der Waals surface area contributed by atoms with Crippen molar-refractivity contribution in [1.29, 1.82) is 0 Å². The lowest BCUT2D eigenvalue weighted by molar-refractivity contribution is -0.167. The molecule has 0 spiro atoms. The second-order valence-electron chi connectivity index (χ2n) is 15.3. The molecule has 0 saturated carbocycles. The molecule has 0 N–H and O–H groups in total. The van der Waals surface area contributed by atoms with Crippen LogP contribution in [0, 0.1) is 0 Å². The topological polar surface area (TPSA) is 78.9 Å². The lowest BCUT2D eigenvalue weighted by Gasteiger charge is -2.18. The standard InChI is InChI=1S/C45H86O6/c1-4-7-10-13-16-18-19-20-21-22-23-24-25-27-30-32-35-38-44(47)50-41-42(51-45(48)39-36-33-28-15-12-9-6-3)40-49-43(46)37-34-31-29-26-17-14-11-8-5-2/h42H,4-41H2,1-3H3/t42-/m1/s1. The fourth-order valence-corrected chi connectivity index (χ4v) is 6.68. The summed E-state index contributed by atoms with van der Waals surface area (Å²) in [6.07, 6.45) is 41.0. The molecule has 0 aromatic heterocycles. The van der Waals surface area contributed by atoms with Crippen LogP contribution in [0.25, 0.3) is 0 Å². The highest BCUT2D eigenvalue weighted by atomic mass is 16.6. The molecule has 302 valence electrons. The largest absolute Gasteiger partial charge is 0.462 e. The third-order valence-electron chi connectivity index (χ3n) is 10.1. The van der Waals surface area contributed by atoms with Crippen LogP contribution in [0.15, 0.2) is 0 Å². The Hall–Kier alpha value is -1.59. The highest BCUT2D eigenvalue weighted by Gasteiger charge is 2.19. The molecular formula is C45H86O6. The van der Waals surface area contributed by atoms with Gasteiger partial charge < -0.3 is 14.2 Å². The third kappa shape index (κ3) is 39.5. The molecule has 0 bridgehead atoms. The van der Waals surface area contributed by atoms with Crippen molar-refractivity contribution in [2.75, 3.05) is 13.2 Å². The van der Waals surface area contributed by atoms with Crippen LogP contribution in [0.3, 0.4) is 0 Å². The molecule has 0 radical (unpaired) electrons. The maximum Gasteiger partial charge on any atom is 0.306 e. The number of esters is 3. The zero-order valence-corrected chi connectivity index (χ0v) is 34.4. The van der Waals surface area contributed by atoms with Gasteiger partial charge in [-0.3, -0.25) is 14.4 Å². The molecule has 0 aromatic rings. The monoisotopic (exact) mass is 723 g/mol. The van der Waals surface area contributed by atoms with Gasteiger partial charge in [0.05, 0.1) is 0 Å². The SMILES string of the molecule is CCCCCCCCCCCCCCCCCCCC(=O)OC[C@@H](COC(=O)CCCCCCCCCCC)OC(=O)CCCCCCCCC. The first kappa shape index (κ1) is 49.4. The first-order valence-electron chi connectivity index (χ1n) is 22.5. The second kappa shape index (κ2) is 41.2. The molecule has 0 fully saturated rings. The molecule has 0 rings (SSSR count). The van der Waals surface area contributed by atoms with Crippen molar-refractivity contribution in [2.24, 2.45) is 0 Å². The Labute approximate surface area is 317 Å². The fraction of sp³-hybridized carbons (Fsp3) is 0.933. The van der Waals surface area contributed by atoms with Gasteiger partial charge in [0.25, 0.3) is 0 Å². The Morgan fingerprint density at radius 3 is 0.784 bits per heavy atom. The molecular weight excluding hydrogens is 636 g/mol. The van der Waals surface area contributed by atoms with Gasteiger partial charge in [-0.1, -0.05) is 213 Å². The molecule has 6 nitrogen and oxygen atoms in total. The highest BCUT2D eigenvalue weighted by Crippen LogP contribution is 2.16. The van der Waals surface area contributed by atoms with Crippen LogP contribution >= 0.6 is 0 Å². The Morgan fingerprint density at radius 1 is 0.314 bits per heavy atom. The van der Waals surface area contributed by atoms with Crippen molar-refractivity contribution in [3.8, 4) is 0 Å². The van der Waals surface area contributed by atoms with E-state index in [1.165, 1.54) is 154 Å². The smallest absolute Gasteiger partial charge is 0.306 e. The van der Waals surface area contributed by atoms with E-state index in [4.69, 9.17) is 14.2 Å². The van der Waals surface area contributed by atoms with Crippen LogP contribution in [0.5, 0.6) is 0 Å². The van der Waals surface area contributed by atoms with E-state index >= 15 is 0 Å². The average molecular weight is 723 g/mol. The molecule has 0 heterocycles. The number of unbranched alkanes of at least 4 members (excludes halogenated alkanes) is 30. The Kier molecular flexibility index (Phi) is 39.9. The summed E-state index contributed by atoms with van der Waals surface area (Å²) >= 11 is 0. The molecule has 0 aliphatic heterocycles. The summed E-state index contributed by atoms with van der Waals surface area (Å²) < 4.78 is 16.6. The van der Waals surface area contributed by atoms with E-state index in [0.717, 1.165) is 57.8 Å². The Balaban J connectivity index is 4.16. The van der Waals surface area contributed by atoms with E-state index in [2.05, 4.69) is 20.8 Å². The number of carbonyl (C=O) groups excluding carboxylic acids is 3. The molecule has 51 heavy (non-hydrogen) atoms. The van der Waals surface area contributed by atoms with Gasteiger partial charge in [0.15, 0.2) is 6.10 Å². The van der Waals surface area contributed by atoms with E-state index in [1.54, 1.807) is 0 Å². The van der Waals surface area contributed by atoms with E-state index < -0.39 is 6.10 Å². The molecule has 0 saturated heterocycles. The summed E-state index contributed by atoms with van der Waals surface area (Å²) in [5, 5.41) is 0.